The second-order valence-corrected chi connectivity index (χ2v) is 5.52. The molecule has 106 valence electrons. The van der Waals surface area contributed by atoms with Crippen molar-refractivity contribution in [2.45, 2.75) is 6.04 Å². The molecule has 21 heavy (non-hydrogen) atoms. The maximum Gasteiger partial charge on any atom is 0.269 e. The van der Waals surface area contributed by atoms with Crippen LogP contribution in [0.4, 0.5) is 17.1 Å². The van der Waals surface area contributed by atoms with Crippen LogP contribution in [0.15, 0.2) is 46.9 Å². The largest absolute Gasteiger partial charge is 0.370 e. The highest BCUT2D eigenvalue weighted by Gasteiger charge is 2.30. The first kappa shape index (κ1) is 13.6. The molecule has 1 aliphatic heterocycles. The van der Waals surface area contributed by atoms with Gasteiger partial charge in [0.25, 0.3) is 11.6 Å². The Bertz CT molecular complexity index is 731. The average molecular weight is 348 g/mol. The van der Waals surface area contributed by atoms with E-state index in [1.54, 1.807) is 12.1 Å². The standard InChI is InChI=1S/C14H10BrN3O3/c15-8-1-6-12-11(7-8)13(14(19)17-12)16-9-2-4-10(5-3-9)18(20)21/h1-7,13,16H,(H,17,19). The van der Waals surface area contributed by atoms with E-state index in [0.29, 0.717) is 5.69 Å². The number of non-ortho nitro benzene ring substituents is 1. The number of carbonyl (C=O) groups is 1. The molecule has 0 radical (unpaired) electrons. The fourth-order valence-corrected chi connectivity index (χ4v) is 2.60. The van der Waals surface area contributed by atoms with Crippen molar-refractivity contribution in [1.29, 1.82) is 0 Å². The van der Waals surface area contributed by atoms with Crippen LogP contribution in [0.3, 0.4) is 0 Å². The summed E-state index contributed by atoms with van der Waals surface area (Å²) in [6.45, 7) is 0. The molecule has 6 nitrogen and oxygen atoms in total. The van der Waals surface area contributed by atoms with Crippen molar-refractivity contribution in [2.24, 2.45) is 0 Å². The number of hydrogen-bond acceptors (Lipinski definition) is 4. The Kier molecular flexibility index (Phi) is 3.34. The Labute approximate surface area is 128 Å². The van der Waals surface area contributed by atoms with Crippen LogP contribution in [0, 0.1) is 10.1 Å². The van der Waals surface area contributed by atoms with Crippen molar-refractivity contribution in [2.75, 3.05) is 10.6 Å². The summed E-state index contributed by atoms with van der Waals surface area (Å²) in [7, 11) is 0. The van der Waals surface area contributed by atoms with E-state index in [-0.39, 0.29) is 11.6 Å². The van der Waals surface area contributed by atoms with E-state index in [0.717, 1.165) is 15.7 Å². The molecule has 3 rings (SSSR count). The molecule has 2 N–H and O–H groups in total. The highest BCUT2D eigenvalue weighted by molar-refractivity contribution is 9.10. The number of nitro groups is 1. The van der Waals surface area contributed by atoms with Gasteiger partial charge in [-0.2, -0.15) is 0 Å². The van der Waals surface area contributed by atoms with Gasteiger partial charge in [-0.25, -0.2) is 0 Å². The van der Waals surface area contributed by atoms with Crippen LogP contribution >= 0.6 is 15.9 Å². The Morgan fingerprint density at radius 1 is 1.19 bits per heavy atom. The van der Waals surface area contributed by atoms with Gasteiger partial charge in [-0.3, -0.25) is 14.9 Å². The molecule has 0 fully saturated rings. The molecule has 1 heterocycles. The third-order valence-electron chi connectivity index (χ3n) is 3.23. The summed E-state index contributed by atoms with van der Waals surface area (Å²) in [5, 5.41) is 16.5. The zero-order valence-corrected chi connectivity index (χ0v) is 12.3. The zero-order valence-electron chi connectivity index (χ0n) is 10.7. The third-order valence-corrected chi connectivity index (χ3v) is 3.73. The van der Waals surface area contributed by atoms with Gasteiger partial charge in [0.15, 0.2) is 0 Å². The first-order valence-electron chi connectivity index (χ1n) is 6.16. The molecule has 1 atom stereocenters. The second-order valence-electron chi connectivity index (χ2n) is 4.60. The molecule has 0 saturated heterocycles. The van der Waals surface area contributed by atoms with Crippen LogP contribution in [0.2, 0.25) is 0 Å². The lowest BCUT2D eigenvalue weighted by Gasteiger charge is -2.13. The maximum atomic E-state index is 12.0. The quantitative estimate of drug-likeness (QED) is 0.657. The minimum atomic E-state index is -0.515. The van der Waals surface area contributed by atoms with Crippen LogP contribution in [-0.4, -0.2) is 10.8 Å². The molecule has 0 saturated carbocycles. The highest BCUT2D eigenvalue weighted by atomic mass is 79.9. The fourth-order valence-electron chi connectivity index (χ4n) is 2.22. The first-order valence-corrected chi connectivity index (χ1v) is 6.95. The lowest BCUT2D eigenvalue weighted by atomic mass is 10.1. The summed E-state index contributed by atoms with van der Waals surface area (Å²) in [5.41, 5.74) is 2.27. The molecule has 0 spiro atoms. The average Bonchev–Trinajstić information content (AvgIpc) is 2.76. The van der Waals surface area contributed by atoms with Crippen LogP contribution in [-0.2, 0) is 4.79 Å². The third kappa shape index (κ3) is 2.59. The minimum absolute atomic E-state index is 0.0135. The Hall–Kier alpha value is -2.41. The molecule has 0 aliphatic carbocycles. The SMILES string of the molecule is O=C1Nc2ccc(Br)cc2C1Nc1ccc([N+](=O)[O-])cc1. The summed E-state index contributed by atoms with van der Waals surface area (Å²) in [6.07, 6.45) is 0. The summed E-state index contributed by atoms with van der Waals surface area (Å²) >= 11 is 3.38. The topological polar surface area (TPSA) is 84.3 Å². The first-order chi connectivity index (χ1) is 10.0. The zero-order chi connectivity index (χ0) is 15.0. The molecule has 1 aliphatic rings. The molecular weight excluding hydrogens is 338 g/mol. The number of amides is 1. The molecule has 2 aromatic carbocycles. The smallest absolute Gasteiger partial charge is 0.269 e. The van der Waals surface area contributed by atoms with E-state index in [2.05, 4.69) is 26.6 Å². The van der Waals surface area contributed by atoms with Gasteiger partial charge in [0.2, 0.25) is 0 Å². The Balaban J connectivity index is 1.87. The van der Waals surface area contributed by atoms with Crippen LogP contribution in [0.1, 0.15) is 11.6 Å². The van der Waals surface area contributed by atoms with E-state index >= 15 is 0 Å². The second kappa shape index (κ2) is 5.17. The molecule has 0 bridgehead atoms. The van der Waals surface area contributed by atoms with Crippen molar-refractivity contribution >= 4 is 38.9 Å². The summed E-state index contributed by atoms with van der Waals surface area (Å²) in [6, 6.07) is 11.0. The number of fused-ring (bicyclic) bond motifs is 1. The normalized spacial score (nSPS) is 16.2. The highest BCUT2D eigenvalue weighted by Crippen LogP contribution is 2.35. The van der Waals surface area contributed by atoms with E-state index in [4.69, 9.17) is 0 Å². The van der Waals surface area contributed by atoms with Gasteiger partial charge in [-0.05, 0) is 30.3 Å². The summed E-state index contributed by atoms with van der Waals surface area (Å²) in [5.74, 6) is -0.151. The van der Waals surface area contributed by atoms with Gasteiger partial charge in [0.05, 0.1) is 4.92 Å². The molecule has 0 aromatic heterocycles. The number of nitrogens with zero attached hydrogens (tertiary/aromatic N) is 1. The number of anilines is 2. The van der Waals surface area contributed by atoms with Gasteiger partial charge in [0, 0.05) is 33.5 Å². The number of benzene rings is 2. The molecule has 1 amide bonds. The predicted molar refractivity (Wildman–Crippen MR) is 82.2 cm³/mol. The van der Waals surface area contributed by atoms with Gasteiger partial charge in [-0.1, -0.05) is 15.9 Å². The monoisotopic (exact) mass is 347 g/mol. The lowest BCUT2D eigenvalue weighted by Crippen LogP contribution is -2.19. The van der Waals surface area contributed by atoms with Crippen LogP contribution < -0.4 is 10.6 Å². The Morgan fingerprint density at radius 2 is 1.90 bits per heavy atom. The molecule has 7 heteroatoms. The number of carbonyl (C=O) groups excluding carboxylic acids is 1. The predicted octanol–water partition coefficient (Wildman–Crippen LogP) is 3.46. The van der Waals surface area contributed by atoms with Crippen LogP contribution in [0.25, 0.3) is 0 Å². The minimum Gasteiger partial charge on any atom is -0.370 e. The van der Waals surface area contributed by atoms with Gasteiger partial charge in [0.1, 0.15) is 6.04 Å². The molecule has 1 unspecified atom stereocenters. The number of rotatable bonds is 3. The maximum absolute atomic E-state index is 12.0. The number of halogens is 1. The number of nitrogens with one attached hydrogen (secondary N) is 2. The molecule has 2 aromatic rings. The van der Waals surface area contributed by atoms with Crippen molar-refractivity contribution < 1.29 is 9.72 Å². The Morgan fingerprint density at radius 3 is 2.57 bits per heavy atom. The van der Waals surface area contributed by atoms with Gasteiger partial charge in [-0.15, -0.1) is 0 Å². The van der Waals surface area contributed by atoms with Gasteiger partial charge >= 0.3 is 0 Å². The number of hydrogen-bond donors (Lipinski definition) is 2. The van der Waals surface area contributed by atoms with Crippen molar-refractivity contribution in [3.05, 3.63) is 62.6 Å². The molecular formula is C14H10BrN3O3. The van der Waals surface area contributed by atoms with Crippen LogP contribution in [0.5, 0.6) is 0 Å². The van der Waals surface area contributed by atoms with E-state index < -0.39 is 11.0 Å². The van der Waals surface area contributed by atoms with Crippen molar-refractivity contribution in [1.82, 2.24) is 0 Å². The van der Waals surface area contributed by atoms with Crippen molar-refractivity contribution in [3.8, 4) is 0 Å². The van der Waals surface area contributed by atoms with E-state index in [1.807, 2.05) is 18.2 Å². The van der Waals surface area contributed by atoms with Gasteiger partial charge < -0.3 is 10.6 Å². The summed E-state index contributed by atoms with van der Waals surface area (Å²) in [4.78, 5) is 22.2. The fraction of sp³-hybridized carbons (Fsp3) is 0.0714. The van der Waals surface area contributed by atoms with E-state index in [1.165, 1.54) is 12.1 Å². The lowest BCUT2D eigenvalue weighted by molar-refractivity contribution is -0.384. The van der Waals surface area contributed by atoms with Crippen molar-refractivity contribution in [3.63, 3.8) is 0 Å². The number of nitro benzene ring substituents is 1. The summed E-state index contributed by atoms with van der Waals surface area (Å²) < 4.78 is 0.883. The van der Waals surface area contributed by atoms with E-state index in [9.17, 15) is 14.9 Å².